The zero-order chi connectivity index (χ0) is 11.1. The van der Waals surface area contributed by atoms with Crippen molar-refractivity contribution in [1.29, 1.82) is 0 Å². The highest BCUT2D eigenvalue weighted by Gasteiger charge is 2.20. The van der Waals surface area contributed by atoms with Crippen LogP contribution in [0, 0.1) is 0 Å². The summed E-state index contributed by atoms with van der Waals surface area (Å²) in [5, 5.41) is 1.23. The number of fused-ring (bicyclic) bond motifs is 1. The van der Waals surface area contributed by atoms with E-state index in [0.29, 0.717) is 6.04 Å². The zero-order valence-electron chi connectivity index (χ0n) is 9.44. The van der Waals surface area contributed by atoms with Gasteiger partial charge in [0, 0.05) is 23.3 Å². The van der Waals surface area contributed by atoms with Crippen molar-refractivity contribution in [2.24, 2.45) is 0 Å². The fraction of sp³-hybridized carbons (Fsp3) is 0.357. The van der Waals surface area contributed by atoms with Crippen LogP contribution in [0.15, 0.2) is 30.5 Å². The summed E-state index contributed by atoms with van der Waals surface area (Å²) in [7, 11) is 0. The molecule has 1 aliphatic carbocycles. The van der Waals surface area contributed by atoms with Crippen molar-refractivity contribution >= 4 is 16.7 Å². The number of carbonyl (C=O) groups is 1. The molecule has 82 valence electrons. The third-order valence-electron chi connectivity index (χ3n) is 3.60. The van der Waals surface area contributed by atoms with E-state index < -0.39 is 0 Å². The lowest BCUT2D eigenvalue weighted by Crippen LogP contribution is -2.15. The van der Waals surface area contributed by atoms with Gasteiger partial charge >= 0.3 is 0 Å². The molecule has 16 heavy (non-hydrogen) atoms. The molecule has 1 heterocycles. The quantitative estimate of drug-likeness (QED) is 0.699. The normalized spacial score (nSPS) is 16.3. The fourth-order valence-electron chi connectivity index (χ4n) is 2.35. The van der Waals surface area contributed by atoms with Crippen molar-refractivity contribution in [1.82, 2.24) is 4.57 Å². The average molecular weight is 213 g/mol. The molecule has 0 unspecified atom stereocenters. The van der Waals surface area contributed by atoms with Gasteiger partial charge in [0.05, 0.1) is 0 Å². The van der Waals surface area contributed by atoms with Gasteiger partial charge in [0.1, 0.15) is 0 Å². The van der Waals surface area contributed by atoms with Gasteiger partial charge in [-0.2, -0.15) is 0 Å². The minimum atomic E-state index is 0.142. The number of hydrogen-bond donors (Lipinski definition) is 0. The number of aromatic nitrogens is 1. The number of rotatable bonds is 2. The highest BCUT2D eigenvalue weighted by atomic mass is 16.1. The largest absolute Gasteiger partial charge is 0.344 e. The van der Waals surface area contributed by atoms with Crippen molar-refractivity contribution in [2.45, 2.75) is 32.2 Å². The zero-order valence-corrected chi connectivity index (χ0v) is 9.44. The third-order valence-corrected chi connectivity index (χ3v) is 3.60. The number of benzene rings is 1. The van der Waals surface area contributed by atoms with Gasteiger partial charge < -0.3 is 4.57 Å². The molecular formula is C14H15NO. The summed E-state index contributed by atoms with van der Waals surface area (Å²) in [5.74, 6) is 0.142. The molecule has 1 aromatic carbocycles. The van der Waals surface area contributed by atoms with E-state index in [9.17, 15) is 4.79 Å². The molecule has 2 nitrogen and oxygen atoms in total. The molecule has 0 atom stereocenters. The first kappa shape index (κ1) is 9.64. The van der Waals surface area contributed by atoms with E-state index in [4.69, 9.17) is 0 Å². The monoisotopic (exact) mass is 213 g/mol. The highest BCUT2D eigenvalue weighted by Crippen LogP contribution is 2.34. The second-order valence-electron chi connectivity index (χ2n) is 4.64. The summed E-state index contributed by atoms with van der Waals surface area (Å²) in [6.07, 6.45) is 6.03. The summed E-state index contributed by atoms with van der Waals surface area (Å²) >= 11 is 0. The Hall–Kier alpha value is -1.57. The Kier molecular flexibility index (Phi) is 2.10. The number of carbonyl (C=O) groups excluding carboxylic acids is 1. The van der Waals surface area contributed by atoms with Gasteiger partial charge in [-0.1, -0.05) is 12.1 Å². The Balaban J connectivity index is 2.15. The number of ketones is 1. The molecule has 0 saturated heterocycles. The minimum absolute atomic E-state index is 0.142. The van der Waals surface area contributed by atoms with Gasteiger partial charge in [-0.05, 0) is 43.7 Å². The molecule has 2 aromatic rings. The molecule has 1 aromatic heterocycles. The number of nitrogens with zero attached hydrogens (tertiary/aromatic N) is 1. The van der Waals surface area contributed by atoms with E-state index in [1.807, 2.05) is 18.2 Å². The van der Waals surface area contributed by atoms with E-state index >= 15 is 0 Å². The molecule has 1 fully saturated rings. The molecule has 0 spiro atoms. The molecule has 0 aliphatic heterocycles. The van der Waals surface area contributed by atoms with Crippen molar-refractivity contribution in [3.63, 3.8) is 0 Å². The topological polar surface area (TPSA) is 22.0 Å². The number of Topliss-reactive ketones (excluding diaryl/α,β-unsaturated/α-hetero) is 1. The van der Waals surface area contributed by atoms with Crippen LogP contribution in [-0.4, -0.2) is 10.4 Å². The van der Waals surface area contributed by atoms with E-state index in [2.05, 4.69) is 16.8 Å². The SMILES string of the molecule is CC(=O)c1ccc2ccn(C3CCC3)c2c1. The van der Waals surface area contributed by atoms with Gasteiger partial charge in [-0.25, -0.2) is 0 Å². The molecule has 1 aliphatic rings. The van der Waals surface area contributed by atoms with Crippen molar-refractivity contribution in [3.05, 3.63) is 36.0 Å². The van der Waals surface area contributed by atoms with Crippen LogP contribution in [0.3, 0.4) is 0 Å². The van der Waals surface area contributed by atoms with E-state index in [1.54, 1.807) is 6.92 Å². The summed E-state index contributed by atoms with van der Waals surface area (Å²) in [6.45, 7) is 1.62. The highest BCUT2D eigenvalue weighted by molar-refractivity contribution is 5.97. The van der Waals surface area contributed by atoms with Gasteiger partial charge in [0.2, 0.25) is 0 Å². The Morgan fingerprint density at radius 1 is 1.31 bits per heavy atom. The lowest BCUT2D eigenvalue weighted by atomic mass is 9.93. The molecular weight excluding hydrogens is 198 g/mol. The number of hydrogen-bond acceptors (Lipinski definition) is 1. The van der Waals surface area contributed by atoms with Crippen LogP contribution in [0.5, 0.6) is 0 Å². The Labute approximate surface area is 94.9 Å². The first-order valence-corrected chi connectivity index (χ1v) is 5.87. The van der Waals surface area contributed by atoms with E-state index in [1.165, 1.54) is 30.2 Å². The summed E-state index contributed by atoms with van der Waals surface area (Å²) in [6, 6.07) is 8.77. The van der Waals surface area contributed by atoms with E-state index in [0.717, 1.165) is 5.56 Å². The fourth-order valence-corrected chi connectivity index (χ4v) is 2.35. The lowest BCUT2D eigenvalue weighted by Gasteiger charge is -2.28. The summed E-state index contributed by atoms with van der Waals surface area (Å²) < 4.78 is 2.32. The molecule has 0 N–H and O–H groups in total. The maximum atomic E-state index is 11.4. The second kappa shape index (κ2) is 3.48. The van der Waals surface area contributed by atoms with Crippen LogP contribution in [0.1, 0.15) is 42.6 Å². The second-order valence-corrected chi connectivity index (χ2v) is 4.64. The maximum absolute atomic E-state index is 11.4. The predicted octanol–water partition coefficient (Wildman–Crippen LogP) is 3.57. The van der Waals surface area contributed by atoms with Crippen molar-refractivity contribution in [2.75, 3.05) is 0 Å². The molecule has 3 rings (SSSR count). The third kappa shape index (κ3) is 1.37. The van der Waals surface area contributed by atoms with Crippen molar-refractivity contribution in [3.8, 4) is 0 Å². The molecule has 2 heteroatoms. The Bertz CT molecular complexity index is 549. The molecule has 0 bridgehead atoms. The van der Waals surface area contributed by atoms with Crippen LogP contribution in [0.2, 0.25) is 0 Å². The average Bonchev–Trinajstić information content (AvgIpc) is 2.59. The maximum Gasteiger partial charge on any atom is 0.159 e. The summed E-state index contributed by atoms with van der Waals surface area (Å²) in [5.41, 5.74) is 2.02. The summed E-state index contributed by atoms with van der Waals surface area (Å²) in [4.78, 5) is 11.4. The van der Waals surface area contributed by atoms with E-state index in [-0.39, 0.29) is 5.78 Å². The standard InChI is InChI=1S/C14H15NO/c1-10(16)12-6-5-11-7-8-15(14(11)9-12)13-3-2-4-13/h5-9,13H,2-4H2,1H3. The van der Waals surface area contributed by atoms with Crippen LogP contribution >= 0.6 is 0 Å². The van der Waals surface area contributed by atoms with Gasteiger partial charge in [-0.3, -0.25) is 4.79 Å². The lowest BCUT2D eigenvalue weighted by molar-refractivity contribution is 0.101. The molecule has 0 amide bonds. The Morgan fingerprint density at radius 3 is 2.75 bits per heavy atom. The molecule has 1 saturated carbocycles. The minimum Gasteiger partial charge on any atom is -0.344 e. The van der Waals surface area contributed by atoms with Crippen LogP contribution < -0.4 is 0 Å². The van der Waals surface area contributed by atoms with Crippen molar-refractivity contribution < 1.29 is 4.79 Å². The van der Waals surface area contributed by atoms with Gasteiger partial charge in [0.15, 0.2) is 5.78 Å². The van der Waals surface area contributed by atoms with Crippen LogP contribution in [-0.2, 0) is 0 Å². The van der Waals surface area contributed by atoms with Crippen LogP contribution in [0.25, 0.3) is 10.9 Å². The predicted molar refractivity (Wildman–Crippen MR) is 64.8 cm³/mol. The first-order valence-electron chi connectivity index (χ1n) is 5.87. The van der Waals surface area contributed by atoms with Crippen LogP contribution in [0.4, 0.5) is 0 Å². The molecule has 0 radical (unpaired) electrons. The van der Waals surface area contributed by atoms with Gasteiger partial charge in [-0.15, -0.1) is 0 Å². The Morgan fingerprint density at radius 2 is 2.12 bits per heavy atom. The first-order chi connectivity index (χ1) is 7.75. The van der Waals surface area contributed by atoms with Gasteiger partial charge in [0.25, 0.3) is 0 Å². The smallest absolute Gasteiger partial charge is 0.159 e.